The molecule has 0 radical (unpaired) electrons. The number of amides is 1. The normalized spacial score (nSPS) is 27.6. The van der Waals surface area contributed by atoms with E-state index in [2.05, 4.69) is 9.80 Å². The van der Waals surface area contributed by atoms with E-state index in [0.717, 1.165) is 26.2 Å². The number of ketones is 2. The maximum Gasteiger partial charge on any atom is 0.255 e. The SMILES string of the molecule is CN(CCN1CCCC1)Cc1cc(O)c2c(c1Cl)CC1C[C@H]3CC(O)=C(C(N)=O)C(=O)[C@@]3(O)C(O)=C1C2=O. The maximum atomic E-state index is 13.6. The highest BCUT2D eigenvalue weighted by atomic mass is 35.5. The summed E-state index contributed by atoms with van der Waals surface area (Å²) in [6.07, 6.45) is 2.41. The first-order valence-electron chi connectivity index (χ1n) is 12.9. The number of primary amides is 1. The minimum atomic E-state index is -2.58. The number of likely N-dealkylation sites (N-methyl/N-ethyl adjacent to an activating group) is 1. The van der Waals surface area contributed by atoms with E-state index in [1.165, 1.54) is 18.9 Å². The third-order valence-corrected chi connectivity index (χ3v) is 8.98. The Bertz CT molecular complexity index is 1300. The number of benzene rings is 1. The summed E-state index contributed by atoms with van der Waals surface area (Å²) in [4.78, 5) is 42.9. The van der Waals surface area contributed by atoms with Gasteiger partial charge < -0.3 is 36.0 Å². The van der Waals surface area contributed by atoms with Crippen LogP contribution in [-0.4, -0.2) is 86.5 Å². The number of aliphatic hydroxyl groups excluding tert-OH is 2. The number of hydrogen-bond donors (Lipinski definition) is 5. The number of allylic oxidation sites excluding steroid dienone is 2. The quantitative estimate of drug-likeness (QED) is 0.335. The molecular weight excluding hydrogens is 514 g/mol. The van der Waals surface area contributed by atoms with Gasteiger partial charge in [-0.1, -0.05) is 11.6 Å². The first-order chi connectivity index (χ1) is 17.9. The highest BCUT2D eigenvalue weighted by molar-refractivity contribution is 6.33. The molecule has 1 aromatic carbocycles. The number of phenolic OH excluding ortho intramolecular Hbond substituents is 1. The van der Waals surface area contributed by atoms with Crippen LogP contribution >= 0.6 is 11.6 Å². The number of Topliss-reactive ketones (excluding diaryl/α,β-unsaturated/α-hetero) is 2. The number of rotatable bonds is 6. The summed E-state index contributed by atoms with van der Waals surface area (Å²) in [6.45, 7) is 4.40. The molecule has 5 rings (SSSR count). The van der Waals surface area contributed by atoms with Crippen molar-refractivity contribution >= 4 is 29.1 Å². The molecule has 38 heavy (non-hydrogen) atoms. The zero-order chi connectivity index (χ0) is 27.5. The standard InChI is InChI=1S/C27H32ClN3O7/c1-30(6-7-31-4-2-3-5-31)12-14-10-17(32)20-16(22(14)28)9-13-8-15-11-18(33)21(26(29)37)25(36)27(15,38)24(35)19(13)23(20)34/h10,13,15,32-33,35,38H,2-9,11-12H2,1H3,(H2,29,37)/t13?,15-,27-/m0/s1. The van der Waals surface area contributed by atoms with Crippen LogP contribution in [0.1, 0.15) is 47.2 Å². The maximum absolute atomic E-state index is 13.6. The largest absolute Gasteiger partial charge is 0.511 e. The molecule has 4 aliphatic rings. The molecule has 204 valence electrons. The zero-order valence-corrected chi connectivity index (χ0v) is 21.9. The molecule has 3 atom stereocenters. The fourth-order valence-electron chi connectivity index (χ4n) is 6.53. The first-order valence-corrected chi connectivity index (χ1v) is 13.2. The summed E-state index contributed by atoms with van der Waals surface area (Å²) in [5, 5.41) is 43.9. The first kappa shape index (κ1) is 26.7. The van der Waals surface area contributed by atoms with E-state index in [1.54, 1.807) is 0 Å². The fraction of sp³-hybridized carbons (Fsp3) is 0.519. The molecule has 0 bridgehead atoms. The Morgan fingerprint density at radius 3 is 2.55 bits per heavy atom. The van der Waals surface area contributed by atoms with E-state index < -0.39 is 52.0 Å². The topological polar surface area (TPSA) is 165 Å². The molecule has 0 saturated carbocycles. The summed E-state index contributed by atoms with van der Waals surface area (Å²) in [6, 6.07) is 1.45. The average molecular weight is 546 g/mol. The zero-order valence-electron chi connectivity index (χ0n) is 21.2. The summed E-state index contributed by atoms with van der Waals surface area (Å²) >= 11 is 6.79. The predicted octanol–water partition coefficient (Wildman–Crippen LogP) is 1.76. The van der Waals surface area contributed by atoms with Gasteiger partial charge in [0.05, 0.1) is 5.56 Å². The Hall–Kier alpha value is -2.92. The van der Waals surface area contributed by atoms with Crippen molar-refractivity contribution in [3.63, 3.8) is 0 Å². The Morgan fingerprint density at radius 1 is 1.21 bits per heavy atom. The smallest absolute Gasteiger partial charge is 0.255 e. The van der Waals surface area contributed by atoms with Gasteiger partial charge in [0.2, 0.25) is 5.78 Å². The Morgan fingerprint density at radius 2 is 1.89 bits per heavy atom. The van der Waals surface area contributed by atoms with Gasteiger partial charge in [-0.05, 0) is 68.9 Å². The number of hydrogen-bond acceptors (Lipinski definition) is 9. The summed E-state index contributed by atoms with van der Waals surface area (Å²) < 4.78 is 0. The Balaban J connectivity index is 1.47. The lowest BCUT2D eigenvalue weighted by Crippen LogP contribution is -2.57. The second kappa shape index (κ2) is 9.68. The van der Waals surface area contributed by atoms with E-state index in [9.17, 15) is 34.8 Å². The second-order valence-electron chi connectivity index (χ2n) is 10.9. The highest BCUT2D eigenvalue weighted by Crippen LogP contribution is 2.52. The van der Waals surface area contributed by atoms with Gasteiger partial charge in [-0.3, -0.25) is 14.4 Å². The number of carbonyl (C=O) groups is 3. The van der Waals surface area contributed by atoms with Crippen molar-refractivity contribution in [2.75, 3.05) is 33.2 Å². The van der Waals surface area contributed by atoms with Gasteiger partial charge in [0.15, 0.2) is 11.4 Å². The molecular formula is C27H32ClN3O7. The number of fused-ring (bicyclic) bond motifs is 3. The molecule has 1 saturated heterocycles. The molecule has 0 aromatic heterocycles. The molecule has 1 amide bonds. The number of nitrogens with zero attached hydrogens (tertiary/aromatic N) is 2. The van der Waals surface area contributed by atoms with Gasteiger partial charge in [0.1, 0.15) is 22.8 Å². The molecule has 10 nitrogen and oxygen atoms in total. The lowest BCUT2D eigenvalue weighted by atomic mass is 9.60. The monoisotopic (exact) mass is 545 g/mol. The van der Waals surface area contributed by atoms with Crippen molar-refractivity contribution in [3.8, 4) is 5.75 Å². The summed E-state index contributed by atoms with van der Waals surface area (Å²) in [5.41, 5.74) is 2.71. The van der Waals surface area contributed by atoms with Crippen LogP contribution in [-0.2, 0) is 22.6 Å². The molecule has 6 N–H and O–H groups in total. The van der Waals surface area contributed by atoms with Crippen LogP contribution in [0, 0.1) is 11.8 Å². The molecule has 1 heterocycles. The number of likely N-dealkylation sites (tertiary alicyclic amines) is 1. The van der Waals surface area contributed by atoms with Gasteiger partial charge in [0.25, 0.3) is 5.91 Å². The van der Waals surface area contributed by atoms with E-state index >= 15 is 0 Å². The highest BCUT2D eigenvalue weighted by Gasteiger charge is 2.59. The lowest BCUT2D eigenvalue weighted by Gasteiger charge is -2.45. The van der Waals surface area contributed by atoms with Gasteiger partial charge in [-0.15, -0.1) is 0 Å². The number of halogens is 1. The number of phenols is 1. The third kappa shape index (κ3) is 4.10. The summed E-state index contributed by atoms with van der Waals surface area (Å²) in [5.74, 6) is -6.52. The molecule has 1 aromatic rings. The third-order valence-electron chi connectivity index (χ3n) is 8.51. The fourth-order valence-corrected chi connectivity index (χ4v) is 6.81. The van der Waals surface area contributed by atoms with Crippen LogP contribution in [0.4, 0.5) is 0 Å². The molecule has 1 aliphatic heterocycles. The number of carbonyl (C=O) groups excluding carboxylic acids is 3. The van der Waals surface area contributed by atoms with Gasteiger partial charge >= 0.3 is 0 Å². The van der Waals surface area contributed by atoms with E-state index in [-0.39, 0.29) is 36.1 Å². The van der Waals surface area contributed by atoms with Crippen LogP contribution in [0.5, 0.6) is 5.75 Å². The van der Waals surface area contributed by atoms with Crippen molar-refractivity contribution in [1.82, 2.24) is 9.80 Å². The van der Waals surface area contributed by atoms with Crippen LogP contribution < -0.4 is 5.73 Å². The number of nitrogens with two attached hydrogens (primary N) is 1. The van der Waals surface area contributed by atoms with Crippen molar-refractivity contribution in [2.45, 2.75) is 44.2 Å². The number of aliphatic hydroxyl groups is 3. The van der Waals surface area contributed by atoms with Crippen LogP contribution in [0.25, 0.3) is 0 Å². The van der Waals surface area contributed by atoms with Gasteiger partial charge in [-0.25, -0.2) is 0 Å². The molecule has 1 unspecified atom stereocenters. The van der Waals surface area contributed by atoms with Crippen molar-refractivity contribution in [3.05, 3.63) is 50.4 Å². The second-order valence-corrected chi connectivity index (χ2v) is 11.3. The van der Waals surface area contributed by atoms with E-state index in [0.29, 0.717) is 22.7 Å². The predicted molar refractivity (Wildman–Crippen MR) is 138 cm³/mol. The van der Waals surface area contributed by atoms with Gasteiger partial charge in [0, 0.05) is 42.6 Å². The Labute approximate surface area is 225 Å². The molecule has 3 aliphatic carbocycles. The average Bonchev–Trinajstić information content (AvgIpc) is 3.36. The van der Waals surface area contributed by atoms with E-state index in [4.69, 9.17) is 17.3 Å². The molecule has 0 spiro atoms. The number of aromatic hydroxyl groups is 1. The van der Waals surface area contributed by atoms with Crippen molar-refractivity contribution < 1.29 is 34.8 Å². The van der Waals surface area contributed by atoms with Crippen molar-refractivity contribution in [2.24, 2.45) is 17.6 Å². The van der Waals surface area contributed by atoms with Gasteiger partial charge in [-0.2, -0.15) is 0 Å². The molecule has 1 fully saturated rings. The van der Waals surface area contributed by atoms with Crippen LogP contribution in [0.2, 0.25) is 5.02 Å². The minimum Gasteiger partial charge on any atom is -0.511 e. The molecule has 11 heteroatoms. The lowest BCUT2D eigenvalue weighted by molar-refractivity contribution is -0.144. The summed E-state index contributed by atoms with van der Waals surface area (Å²) in [7, 11) is 1.97. The van der Waals surface area contributed by atoms with Crippen molar-refractivity contribution in [1.29, 1.82) is 0 Å². The minimum absolute atomic E-state index is 0.0694. The van der Waals surface area contributed by atoms with Crippen LogP contribution in [0.3, 0.4) is 0 Å². The Kier molecular flexibility index (Phi) is 6.79. The van der Waals surface area contributed by atoms with E-state index in [1.807, 2.05) is 7.05 Å². The van der Waals surface area contributed by atoms with Crippen LogP contribution in [0.15, 0.2) is 28.7 Å².